The van der Waals surface area contributed by atoms with Gasteiger partial charge >= 0.3 is 5.69 Å². The number of fused-ring (bicyclic) bond motifs is 1. The molecule has 1 saturated carbocycles. The standard InChI is InChI=1S/C31H40N6O3/c1-19-16-26(38)37(34-19)22-10-8-20(9-11-22)28(39)33-25-17-21(14-15-31(25,5)6)23-12-13-24-27(32-23)35(7)29(40)36(24)18-30(2,3)4/h8-13,16,21,25,34H,14-15,17-18H2,1-7H3,(H,33,39). The molecule has 1 aromatic carbocycles. The lowest BCUT2D eigenvalue weighted by molar-refractivity contribution is 0.0836. The molecular weight excluding hydrogens is 504 g/mol. The van der Waals surface area contributed by atoms with Crippen molar-refractivity contribution in [1.29, 1.82) is 0 Å². The number of hydrogen-bond acceptors (Lipinski definition) is 4. The zero-order valence-corrected chi connectivity index (χ0v) is 24.5. The molecule has 1 aliphatic rings. The zero-order chi connectivity index (χ0) is 29.0. The SMILES string of the molecule is Cc1cc(=O)n(-c2ccc(C(=O)NC3CC(c4ccc5c(n4)n(C)c(=O)n5CC(C)(C)C)CCC3(C)C)cc2)[nH]1. The topological polar surface area (TPSA) is 107 Å². The van der Waals surface area contributed by atoms with Gasteiger partial charge in [-0.05, 0) is 73.4 Å². The van der Waals surface area contributed by atoms with Crippen molar-refractivity contribution in [1.82, 2.24) is 29.2 Å². The Morgan fingerprint density at radius 1 is 1.12 bits per heavy atom. The molecule has 0 aliphatic heterocycles. The van der Waals surface area contributed by atoms with E-state index in [-0.39, 0.29) is 39.9 Å². The highest BCUT2D eigenvalue weighted by molar-refractivity contribution is 5.94. The van der Waals surface area contributed by atoms with Gasteiger partial charge < -0.3 is 5.32 Å². The van der Waals surface area contributed by atoms with Crippen LogP contribution in [0.15, 0.2) is 52.1 Å². The summed E-state index contributed by atoms with van der Waals surface area (Å²) in [6.07, 6.45) is 2.68. The van der Waals surface area contributed by atoms with E-state index in [0.29, 0.717) is 23.4 Å². The van der Waals surface area contributed by atoms with E-state index in [4.69, 9.17) is 4.98 Å². The molecule has 2 N–H and O–H groups in total. The molecule has 40 heavy (non-hydrogen) atoms. The summed E-state index contributed by atoms with van der Waals surface area (Å²) >= 11 is 0. The predicted molar refractivity (Wildman–Crippen MR) is 157 cm³/mol. The Labute approximate surface area is 234 Å². The molecule has 0 radical (unpaired) electrons. The normalized spacial score (nSPS) is 19.2. The second-order valence-corrected chi connectivity index (χ2v) is 13.2. The van der Waals surface area contributed by atoms with Crippen molar-refractivity contribution in [3.63, 3.8) is 0 Å². The first-order chi connectivity index (χ1) is 18.7. The predicted octanol–water partition coefficient (Wildman–Crippen LogP) is 4.66. The van der Waals surface area contributed by atoms with E-state index in [0.717, 1.165) is 36.2 Å². The Kier molecular flexibility index (Phi) is 6.88. The zero-order valence-electron chi connectivity index (χ0n) is 24.5. The number of nitrogens with zero attached hydrogens (tertiary/aromatic N) is 4. The summed E-state index contributed by atoms with van der Waals surface area (Å²) in [5, 5.41) is 6.30. The lowest BCUT2D eigenvalue weighted by Crippen LogP contribution is -2.48. The lowest BCUT2D eigenvalue weighted by atomic mass is 9.68. The van der Waals surface area contributed by atoms with E-state index < -0.39 is 0 Å². The number of amides is 1. The van der Waals surface area contributed by atoms with Gasteiger partial charge in [0.05, 0.1) is 11.2 Å². The van der Waals surface area contributed by atoms with Crippen molar-refractivity contribution < 1.29 is 4.79 Å². The molecule has 212 valence electrons. The van der Waals surface area contributed by atoms with Gasteiger partial charge in [0, 0.05) is 48.6 Å². The van der Waals surface area contributed by atoms with Crippen LogP contribution in [-0.4, -0.2) is 35.8 Å². The maximum Gasteiger partial charge on any atom is 0.330 e. The van der Waals surface area contributed by atoms with Crippen molar-refractivity contribution >= 4 is 17.1 Å². The van der Waals surface area contributed by atoms with Crippen molar-refractivity contribution in [3.8, 4) is 5.69 Å². The monoisotopic (exact) mass is 544 g/mol. The third kappa shape index (κ3) is 5.29. The van der Waals surface area contributed by atoms with E-state index in [2.05, 4.69) is 45.0 Å². The van der Waals surface area contributed by atoms with Gasteiger partial charge in [-0.1, -0.05) is 34.6 Å². The minimum Gasteiger partial charge on any atom is -0.349 e. The van der Waals surface area contributed by atoms with E-state index in [1.165, 1.54) is 10.7 Å². The first-order valence-electron chi connectivity index (χ1n) is 14.0. The quantitative estimate of drug-likeness (QED) is 0.381. The number of rotatable bonds is 5. The average Bonchev–Trinajstić information content (AvgIpc) is 3.34. The Morgan fingerprint density at radius 2 is 1.82 bits per heavy atom. The second kappa shape index (κ2) is 9.94. The number of nitrogens with one attached hydrogen (secondary N) is 2. The fourth-order valence-electron chi connectivity index (χ4n) is 5.82. The van der Waals surface area contributed by atoms with Gasteiger partial charge in [-0.25, -0.2) is 14.5 Å². The third-order valence-corrected chi connectivity index (χ3v) is 8.20. The third-order valence-electron chi connectivity index (χ3n) is 8.20. The Balaban J connectivity index is 1.35. The largest absolute Gasteiger partial charge is 0.349 e. The number of carbonyl (C=O) groups excluding carboxylic acids is 1. The minimum absolute atomic E-state index is 0.0315. The van der Waals surface area contributed by atoms with E-state index in [1.807, 2.05) is 23.6 Å². The fraction of sp³-hybridized carbons (Fsp3) is 0.484. The molecule has 2 atom stereocenters. The number of aryl methyl sites for hydroxylation is 2. The summed E-state index contributed by atoms with van der Waals surface area (Å²) in [6.45, 7) is 13.2. The molecule has 2 unspecified atom stereocenters. The molecule has 1 amide bonds. The van der Waals surface area contributed by atoms with E-state index in [9.17, 15) is 14.4 Å². The lowest BCUT2D eigenvalue weighted by Gasteiger charge is -2.42. The maximum absolute atomic E-state index is 13.3. The van der Waals surface area contributed by atoms with E-state index >= 15 is 0 Å². The Hall–Kier alpha value is -3.88. The number of benzene rings is 1. The number of pyridine rings is 1. The molecule has 0 saturated heterocycles. The van der Waals surface area contributed by atoms with E-state index in [1.54, 1.807) is 35.9 Å². The van der Waals surface area contributed by atoms with Crippen LogP contribution in [-0.2, 0) is 13.6 Å². The first kappa shape index (κ1) is 27.7. The minimum atomic E-state index is -0.137. The highest BCUT2D eigenvalue weighted by Gasteiger charge is 2.38. The smallest absolute Gasteiger partial charge is 0.330 e. The summed E-state index contributed by atoms with van der Waals surface area (Å²) in [4.78, 5) is 43.4. The first-order valence-corrected chi connectivity index (χ1v) is 14.0. The van der Waals surface area contributed by atoms with Gasteiger partial charge in [0.2, 0.25) is 0 Å². The number of H-pyrrole nitrogens is 1. The molecule has 0 spiro atoms. The van der Waals surface area contributed by atoms with Crippen LogP contribution in [0.4, 0.5) is 0 Å². The van der Waals surface area contributed by atoms with Crippen LogP contribution >= 0.6 is 0 Å². The number of imidazole rings is 1. The number of hydrogen-bond donors (Lipinski definition) is 2. The number of aromatic nitrogens is 5. The molecule has 1 aliphatic carbocycles. The van der Waals surface area contributed by atoms with Gasteiger partial charge in [0.15, 0.2) is 5.65 Å². The van der Waals surface area contributed by atoms with Crippen LogP contribution in [0.2, 0.25) is 0 Å². The van der Waals surface area contributed by atoms with Gasteiger partial charge in [0.25, 0.3) is 11.5 Å². The average molecular weight is 545 g/mol. The number of carbonyl (C=O) groups is 1. The van der Waals surface area contributed by atoms with Crippen molar-refractivity contribution in [2.24, 2.45) is 17.9 Å². The van der Waals surface area contributed by atoms with Gasteiger partial charge in [0.1, 0.15) is 0 Å². The van der Waals surface area contributed by atoms with Crippen LogP contribution < -0.4 is 16.6 Å². The highest BCUT2D eigenvalue weighted by atomic mass is 16.2. The van der Waals surface area contributed by atoms with Gasteiger partial charge in [-0.3, -0.25) is 23.8 Å². The molecule has 4 aromatic rings. The van der Waals surface area contributed by atoms with Crippen LogP contribution in [0.1, 0.15) is 81.5 Å². The Bertz CT molecular complexity index is 1680. The molecule has 9 nitrogen and oxygen atoms in total. The molecule has 5 rings (SSSR count). The van der Waals surface area contributed by atoms with Gasteiger partial charge in [-0.2, -0.15) is 0 Å². The van der Waals surface area contributed by atoms with Crippen molar-refractivity contribution in [3.05, 3.63) is 80.3 Å². The molecule has 3 aromatic heterocycles. The fourth-order valence-corrected chi connectivity index (χ4v) is 5.82. The summed E-state index contributed by atoms with van der Waals surface area (Å²) in [6, 6.07) is 12.6. The van der Waals surface area contributed by atoms with Crippen LogP contribution in [0.3, 0.4) is 0 Å². The van der Waals surface area contributed by atoms with Crippen molar-refractivity contribution in [2.75, 3.05) is 0 Å². The number of aromatic amines is 1. The second-order valence-electron chi connectivity index (χ2n) is 13.2. The Morgan fingerprint density at radius 3 is 2.45 bits per heavy atom. The molecular formula is C31H40N6O3. The summed E-state index contributed by atoms with van der Waals surface area (Å²) in [5.41, 5.74) is 4.23. The maximum atomic E-state index is 13.3. The van der Waals surface area contributed by atoms with Crippen LogP contribution in [0, 0.1) is 17.8 Å². The summed E-state index contributed by atoms with van der Waals surface area (Å²) in [5.74, 6) is 0.0412. The van der Waals surface area contributed by atoms with Gasteiger partial charge in [-0.15, -0.1) is 0 Å². The van der Waals surface area contributed by atoms with Crippen molar-refractivity contribution in [2.45, 2.75) is 79.3 Å². The molecule has 1 fully saturated rings. The highest BCUT2D eigenvalue weighted by Crippen LogP contribution is 2.42. The molecule has 0 bridgehead atoms. The van der Waals surface area contributed by atoms with Crippen LogP contribution in [0.25, 0.3) is 16.9 Å². The summed E-state index contributed by atoms with van der Waals surface area (Å²) in [7, 11) is 1.78. The van der Waals surface area contributed by atoms with Crippen LogP contribution in [0.5, 0.6) is 0 Å². The molecule has 9 heteroatoms. The molecule has 3 heterocycles. The summed E-state index contributed by atoms with van der Waals surface area (Å²) < 4.78 is 4.92.